The van der Waals surface area contributed by atoms with Gasteiger partial charge in [0.2, 0.25) is 9.84 Å². The third-order valence-electron chi connectivity index (χ3n) is 3.17. The molecule has 3 amide bonds. The summed E-state index contributed by atoms with van der Waals surface area (Å²) >= 11 is 0. The topological polar surface area (TPSA) is 92.3 Å². The Balaban J connectivity index is 2.16. The standard InChI is InChI=1S/C15H9F5N2O4S/c16-8-2-1-3-9(17)12(8)13(23)22-15(24)21-11-5-4-7(6-10(11)18)27(25,26)14(19)20/h1-6,14H,(H2,21,22,23,24). The average molecular weight is 408 g/mol. The highest BCUT2D eigenvalue weighted by molar-refractivity contribution is 7.91. The van der Waals surface area contributed by atoms with Gasteiger partial charge in [0, 0.05) is 0 Å². The Morgan fingerprint density at radius 2 is 1.52 bits per heavy atom. The lowest BCUT2D eigenvalue weighted by atomic mass is 10.2. The number of halogens is 5. The van der Waals surface area contributed by atoms with E-state index in [1.807, 2.05) is 0 Å². The monoisotopic (exact) mass is 408 g/mol. The fourth-order valence-corrected chi connectivity index (χ4v) is 2.64. The van der Waals surface area contributed by atoms with E-state index < -0.39 is 61.1 Å². The van der Waals surface area contributed by atoms with Crippen molar-refractivity contribution in [2.24, 2.45) is 0 Å². The van der Waals surface area contributed by atoms with Crippen molar-refractivity contribution in [3.05, 3.63) is 59.4 Å². The Morgan fingerprint density at radius 3 is 2.04 bits per heavy atom. The first kappa shape index (κ1) is 20.3. The number of anilines is 1. The van der Waals surface area contributed by atoms with E-state index in [0.29, 0.717) is 12.1 Å². The van der Waals surface area contributed by atoms with E-state index in [0.717, 1.165) is 18.2 Å². The van der Waals surface area contributed by atoms with Crippen LogP contribution in [-0.2, 0) is 9.84 Å². The van der Waals surface area contributed by atoms with Gasteiger partial charge >= 0.3 is 11.8 Å². The summed E-state index contributed by atoms with van der Waals surface area (Å²) in [6, 6.07) is 2.67. The molecule has 2 N–H and O–H groups in total. The number of urea groups is 1. The largest absolute Gasteiger partial charge is 0.341 e. The smallest absolute Gasteiger partial charge is 0.305 e. The van der Waals surface area contributed by atoms with Crippen molar-refractivity contribution in [3.63, 3.8) is 0 Å². The van der Waals surface area contributed by atoms with Gasteiger partial charge in [0.05, 0.1) is 10.6 Å². The molecule has 0 aromatic heterocycles. The van der Waals surface area contributed by atoms with Gasteiger partial charge in [0.15, 0.2) is 0 Å². The predicted octanol–water partition coefficient (Wildman–Crippen LogP) is 3.06. The van der Waals surface area contributed by atoms with Gasteiger partial charge in [-0.1, -0.05) is 6.07 Å². The van der Waals surface area contributed by atoms with Crippen molar-refractivity contribution in [2.45, 2.75) is 10.7 Å². The Hall–Kier alpha value is -3.02. The van der Waals surface area contributed by atoms with Gasteiger partial charge in [-0.3, -0.25) is 10.1 Å². The van der Waals surface area contributed by atoms with Crippen molar-refractivity contribution in [3.8, 4) is 0 Å². The van der Waals surface area contributed by atoms with Crippen molar-refractivity contribution >= 4 is 27.5 Å². The summed E-state index contributed by atoms with van der Waals surface area (Å²) in [5, 5.41) is 3.33. The first-order chi connectivity index (χ1) is 12.5. The summed E-state index contributed by atoms with van der Waals surface area (Å²) in [5.74, 6) is -9.11. The lowest BCUT2D eigenvalue weighted by molar-refractivity contribution is 0.0959. The van der Waals surface area contributed by atoms with E-state index in [1.54, 1.807) is 10.6 Å². The molecule has 0 radical (unpaired) electrons. The first-order valence-electron chi connectivity index (χ1n) is 6.92. The van der Waals surface area contributed by atoms with Crippen LogP contribution in [-0.4, -0.2) is 26.1 Å². The second-order valence-corrected chi connectivity index (χ2v) is 6.87. The number of benzene rings is 2. The molecular formula is C15H9F5N2O4S. The minimum Gasteiger partial charge on any atom is -0.305 e. The number of amides is 3. The first-order valence-corrected chi connectivity index (χ1v) is 8.46. The molecule has 6 nitrogen and oxygen atoms in total. The SMILES string of the molecule is O=C(NC(=O)c1c(F)cccc1F)Nc1ccc(S(=O)(=O)C(F)F)cc1F. The molecule has 2 aromatic carbocycles. The van der Waals surface area contributed by atoms with Gasteiger partial charge < -0.3 is 5.32 Å². The third-order valence-corrected chi connectivity index (χ3v) is 4.55. The fourth-order valence-electron chi connectivity index (χ4n) is 1.91. The zero-order valence-corrected chi connectivity index (χ0v) is 13.8. The van der Waals surface area contributed by atoms with Crippen LogP contribution in [0.2, 0.25) is 0 Å². The molecule has 0 bridgehead atoms. The number of rotatable bonds is 4. The van der Waals surface area contributed by atoms with E-state index >= 15 is 0 Å². The number of hydrogen-bond donors (Lipinski definition) is 2. The average Bonchev–Trinajstić information content (AvgIpc) is 2.56. The van der Waals surface area contributed by atoms with Crippen LogP contribution in [0.3, 0.4) is 0 Å². The van der Waals surface area contributed by atoms with Crippen LogP contribution in [0.4, 0.5) is 32.4 Å². The second-order valence-electron chi connectivity index (χ2n) is 4.95. The highest BCUT2D eigenvalue weighted by atomic mass is 32.2. The maximum atomic E-state index is 13.8. The summed E-state index contributed by atoms with van der Waals surface area (Å²) in [5.41, 5.74) is -1.71. The Labute approximate surface area is 148 Å². The fraction of sp³-hybridized carbons (Fsp3) is 0.0667. The van der Waals surface area contributed by atoms with Gasteiger partial charge in [-0.2, -0.15) is 8.78 Å². The molecule has 2 rings (SSSR count). The molecule has 0 aliphatic rings. The van der Waals surface area contributed by atoms with Crippen LogP contribution in [0, 0.1) is 17.5 Å². The van der Waals surface area contributed by atoms with Crippen LogP contribution in [0.15, 0.2) is 41.3 Å². The van der Waals surface area contributed by atoms with Crippen molar-refractivity contribution in [1.29, 1.82) is 0 Å². The quantitative estimate of drug-likeness (QED) is 0.761. The summed E-state index contributed by atoms with van der Waals surface area (Å²) in [6.45, 7) is 0. The minimum atomic E-state index is -5.05. The van der Waals surface area contributed by atoms with E-state index in [2.05, 4.69) is 0 Å². The molecule has 0 atom stereocenters. The zero-order chi connectivity index (χ0) is 20.4. The van der Waals surface area contributed by atoms with E-state index in [9.17, 15) is 40.0 Å². The van der Waals surface area contributed by atoms with Crippen LogP contribution in [0.5, 0.6) is 0 Å². The maximum Gasteiger partial charge on any atom is 0.341 e. The summed E-state index contributed by atoms with van der Waals surface area (Å²) in [4.78, 5) is 22.4. The lowest BCUT2D eigenvalue weighted by Gasteiger charge is -2.10. The summed E-state index contributed by atoms with van der Waals surface area (Å²) < 4.78 is 88.1. The van der Waals surface area contributed by atoms with Crippen molar-refractivity contribution < 1.29 is 40.0 Å². The molecule has 12 heteroatoms. The number of sulfone groups is 1. The molecule has 27 heavy (non-hydrogen) atoms. The maximum absolute atomic E-state index is 13.8. The Kier molecular flexibility index (Phi) is 5.78. The van der Waals surface area contributed by atoms with Crippen LogP contribution in [0.25, 0.3) is 0 Å². The van der Waals surface area contributed by atoms with Crippen molar-refractivity contribution in [2.75, 3.05) is 5.32 Å². The number of nitrogens with one attached hydrogen (secondary N) is 2. The van der Waals surface area contributed by atoms with E-state index in [4.69, 9.17) is 0 Å². The molecule has 0 saturated heterocycles. The van der Waals surface area contributed by atoms with Crippen LogP contribution in [0.1, 0.15) is 10.4 Å². The number of hydrogen-bond acceptors (Lipinski definition) is 4. The van der Waals surface area contributed by atoms with Gasteiger partial charge in [-0.05, 0) is 30.3 Å². The molecule has 0 saturated carbocycles. The second kappa shape index (κ2) is 7.70. The molecule has 0 heterocycles. The number of alkyl halides is 2. The Bertz CT molecular complexity index is 991. The van der Waals surface area contributed by atoms with Gasteiger partial charge in [-0.25, -0.2) is 26.4 Å². The molecule has 0 aliphatic heterocycles. The molecule has 144 valence electrons. The Morgan fingerprint density at radius 1 is 0.926 bits per heavy atom. The van der Waals surface area contributed by atoms with Crippen molar-refractivity contribution in [1.82, 2.24) is 5.32 Å². The van der Waals surface area contributed by atoms with E-state index in [-0.39, 0.29) is 6.07 Å². The molecule has 0 fully saturated rings. The number of carbonyl (C=O) groups is 2. The highest BCUT2D eigenvalue weighted by Gasteiger charge is 2.27. The minimum absolute atomic E-state index is 0.245. The third kappa shape index (κ3) is 4.39. The molecule has 0 aliphatic carbocycles. The normalized spacial score (nSPS) is 11.3. The lowest BCUT2D eigenvalue weighted by Crippen LogP contribution is -2.35. The molecular weight excluding hydrogens is 399 g/mol. The molecule has 2 aromatic rings. The summed E-state index contributed by atoms with van der Waals surface area (Å²) in [6.07, 6.45) is 0. The van der Waals surface area contributed by atoms with Crippen LogP contribution >= 0.6 is 0 Å². The summed E-state index contributed by atoms with van der Waals surface area (Å²) in [7, 11) is -5.05. The van der Waals surface area contributed by atoms with Gasteiger partial charge in [0.1, 0.15) is 23.0 Å². The van der Waals surface area contributed by atoms with Gasteiger partial charge in [0.25, 0.3) is 5.91 Å². The van der Waals surface area contributed by atoms with E-state index in [1.165, 1.54) is 0 Å². The predicted molar refractivity (Wildman–Crippen MR) is 82.4 cm³/mol. The molecule has 0 spiro atoms. The molecule has 0 unspecified atom stereocenters. The van der Waals surface area contributed by atoms with Crippen LogP contribution < -0.4 is 10.6 Å². The number of carbonyl (C=O) groups excluding carboxylic acids is 2. The number of imide groups is 1. The highest BCUT2D eigenvalue weighted by Crippen LogP contribution is 2.23. The van der Waals surface area contributed by atoms with Gasteiger partial charge in [-0.15, -0.1) is 0 Å². The zero-order valence-electron chi connectivity index (χ0n) is 13.0.